The van der Waals surface area contributed by atoms with Crippen molar-refractivity contribution in [2.24, 2.45) is 0 Å². The molecular formula is C15H14BrF2NO. The van der Waals surface area contributed by atoms with Crippen LogP contribution in [0.5, 0.6) is 5.75 Å². The van der Waals surface area contributed by atoms with Crippen LogP contribution in [-0.4, -0.2) is 7.11 Å². The van der Waals surface area contributed by atoms with Gasteiger partial charge < -0.3 is 10.1 Å². The van der Waals surface area contributed by atoms with E-state index in [0.29, 0.717) is 5.75 Å². The van der Waals surface area contributed by atoms with Crippen molar-refractivity contribution in [1.82, 2.24) is 0 Å². The van der Waals surface area contributed by atoms with Crippen LogP contribution in [0.4, 0.5) is 14.5 Å². The predicted octanol–water partition coefficient (Wildman–Crippen LogP) is 4.91. The summed E-state index contributed by atoms with van der Waals surface area (Å²) >= 11 is 3.38. The number of halogens is 3. The van der Waals surface area contributed by atoms with E-state index in [2.05, 4.69) is 21.2 Å². The van der Waals surface area contributed by atoms with Gasteiger partial charge in [-0.1, -0.05) is 0 Å². The lowest BCUT2D eigenvalue weighted by Gasteiger charge is -2.17. The maximum absolute atomic E-state index is 13.7. The largest absolute Gasteiger partial charge is 0.496 e. The number of nitrogens with one attached hydrogen (secondary N) is 1. The molecule has 20 heavy (non-hydrogen) atoms. The van der Waals surface area contributed by atoms with E-state index in [9.17, 15) is 8.78 Å². The van der Waals surface area contributed by atoms with Gasteiger partial charge in [0.05, 0.1) is 17.6 Å². The molecule has 0 saturated carbocycles. The number of ether oxygens (including phenoxy) is 1. The van der Waals surface area contributed by atoms with Crippen LogP contribution in [0.2, 0.25) is 0 Å². The molecule has 2 rings (SSSR count). The second kappa shape index (κ2) is 6.22. The summed E-state index contributed by atoms with van der Waals surface area (Å²) in [6, 6.07) is 8.52. The van der Waals surface area contributed by atoms with Crippen molar-refractivity contribution >= 4 is 21.6 Å². The van der Waals surface area contributed by atoms with Gasteiger partial charge in [0.2, 0.25) is 0 Å². The third kappa shape index (κ3) is 3.28. The minimum absolute atomic E-state index is 0.289. The number of hydrogen-bond donors (Lipinski definition) is 1. The van der Waals surface area contributed by atoms with Gasteiger partial charge >= 0.3 is 0 Å². The first kappa shape index (κ1) is 14.8. The van der Waals surface area contributed by atoms with Crippen molar-refractivity contribution in [2.45, 2.75) is 13.0 Å². The summed E-state index contributed by atoms with van der Waals surface area (Å²) in [6.07, 6.45) is 0. The molecule has 5 heteroatoms. The lowest BCUT2D eigenvalue weighted by molar-refractivity contribution is 0.412. The van der Waals surface area contributed by atoms with Gasteiger partial charge in [0, 0.05) is 11.3 Å². The van der Waals surface area contributed by atoms with Gasteiger partial charge in [0.25, 0.3) is 0 Å². The Bertz CT molecular complexity index is 619. The van der Waals surface area contributed by atoms with E-state index < -0.39 is 11.6 Å². The zero-order chi connectivity index (χ0) is 14.7. The molecule has 0 heterocycles. The average molecular weight is 342 g/mol. The fraction of sp³-hybridized carbons (Fsp3) is 0.200. The van der Waals surface area contributed by atoms with Crippen LogP contribution >= 0.6 is 15.9 Å². The summed E-state index contributed by atoms with van der Waals surface area (Å²) in [4.78, 5) is 0. The quantitative estimate of drug-likeness (QED) is 0.853. The van der Waals surface area contributed by atoms with E-state index in [1.54, 1.807) is 20.1 Å². The second-order valence-electron chi connectivity index (χ2n) is 4.38. The van der Waals surface area contributed by atoms with Crippen molar-refractivity contribution in [1.29, 1.82) is 0 Å². The van der Waals surface area contributed by atoms with Gasteiger partial charge in [0.1, 0.15) is 17.4 Å². The number of anilines is 1. The van der Waals surface area contributed by atoms with Gasteiger partial charge in [-0.25, -0.2) is 8.78 Å². The number of benzene rings is 2. The summed E-state index contributed by atoms with van der Waals surface area (Å²) in [5.74, 6) is -0.176. The summed E-state index contributed by atoms with van der Waals surface area (Å²) in [7, 11) is 1.58. The molecule has 0 bridgehead atoms. The van der Waals surface area contributed by atoms with E-state index in [1.807, 2.05) is 12.1 Å². The number of rotatable bonds is 4. The highest BCUT2D eigenvalue weighted by atomic mass is 79.9. The minimum atomic E-state index is -0.453. The molecule has 1 N–H and O–H groups in total. The first-order valence-corrected chi connectivity index (χ1v) is 6.85. The van der Waals surface area contributed by atoms with Crippen molar-refractivity contribution in [2.75, 3.05) is 12.4 Å². The SMILES string of the molecule is COc1ccc(NC(C)c2cc(F)ccc2F)cc1Br. The first-order valence-electron chi connectivity index (χ1n) is 6.06. The summed E-state index contributed by atoms with van der Waals surface area (Å²) in [6.45, 7) is 1.77. The van der Waals surface area contributed by atoms with E-state index in [4.69, 9.17) is 4.74 Å². The number of methoxy groups -OCH3 is 1. The van der Waals surface area contributed by atoms with Crippen molar-refractivity contribution in [3.05, 3.63) is 58.1 Å². The molecule has 0 amide bonds. The van der Waals surface area contributed by atoms with Crippen LogP contribution in [0.15, 0.2) is 40.9 Å². The Morgan fingerprint density at radius 3 is 2.55 bits per heavy atom. The summed E-state index contributed by atoms with van der Waals surface area (Å²) in [5, 5.41) is 3.13. The van der Waals surface area contributed by atoms with E-state index in [-0.39, 0.29) is 11.6 Å². The molecule has 2 aromatic carbocycles. The molecule has 0 saturated heterocycles. The molecule has 1 unspecified atom stereocenters. The van der Waals surface area contributed by atoms with Crippen LogP contribution in [0.1, 0.15) is 18.5 Å². The van der Waals surface area contributed by atoms with Crippen molar-refractivity contribution in [3.8, 4) is 5.75 Å². The molecule has 0 aliphatic carbocycles. The fourth-order valence-electron chi connectivity index (χ4n) is 1.93. The van der Waals surface area contributed by atoms with Gasteiger partial charge in [-0.2, -0.15) is 0 Å². The Morgan fingerprint density at radius 1 is 1.15 bits per heavy atom. The van der Waals surface area contributed by atoms with Crippen LogP contribution in [-0.2, 0) is 0 Å². The van der Waals surface area contributed by atoms with Crippen LogP contribution in [0, 0.1) is 11.6 Å². The average Bonchev–Trinajstić information content (AvgIpc) is 2.41. The maximum atomic E-state index is 13.7. The van der Waals surface area contributed by atoms with Crippen molar-refractivity contribution < 1.29 is 13.5 Å². The van der Waals surface area contributed by atoms with Crippen molar-refractivity contribution in [3.63, 3.8) is 0 Å². The molecular weight excluding hydrogens is 328 g/mol. The standard InChI is InChI=1S/C15H14BrF2NO/c1-9(12-7-10(17)3-5-14(12)18)19-11-4-6-15(20-2)13(16)8-11/h3-9,19H,1-2H3. The van der Waals surface area contributed by atoms with E-state index in [0.717, 1.165) is 22.3 Å². The first-order chi connectivity index (χ1) is 9.51. The smallest absolute Gasteiger partial charge is 0.133 e. The molecule has 0 aromatic heterocycles. The Morgan fingerprint density at radius 2 is 1.90 bits per heavy atom. The lowest BCUT2D eigenvalue weighted by atomic mass is 10.1. The molecule has 0 aliphatic heterocycles. The maximum Gasteiger partial charge on any atom is 0.133 e. The van der Waals surface area contributed by atoms with Crippen LogP contribution in [0.3, 0.4) is 0 Å². The third-order valence-electron chi connectivity index (χ3n) is 2.96. The zero-order valence-corrected chi connectivity index (χ0v) is 12.7. The Hall–Kier alpha value is -1.62. The highest BCUT2D eigenvalue weighted by Gasteiger charge is 2.12. The monoisotopic (exact) mass is 341 g/mol. The Labute approximate surface area is 124 Å². The number of hydrogen-bond acceptors (Lipinski definition) is 2. The molecule has 0 fully saturated rings. The molecule has 2 aromatic rings. The highest BCUT2D eigenvalue weighted by molar-refractivity contribution is 9.10. The molecule has 0 aliphatic rings. The normalized spacial score (nSPS) is 12.1. The highest BCUT2D eigenvalue weighted by Crippen LogP contribution is 2.30. The molecule has 106 valence electrons. The van der Waals surface area contributed by atoms with Gasteiger partial charge in [-0.3, -0.25) is 0 Å². The minimum Gasteiger partial charge on any atom is -0.496 e. The fourth-order valence-corrected chi connectivity index (χ4v) is 2.47. The van der Waals surface area contributed by atoms with Crippen LogP contribution in [0.25, 0.3) is 0 Å². The Balaban J connectivity index is 2.21. The van der Waals surface area contributed by atoms with E-state index >= 15 is 0 Å². The predicted molar refractivity (Wildman–Crippen MR) is 79.1 cm³/mol. The van der Waals surface area contributed by atoms with Gasteiger partial charge in [0.15, 0.2) is 0 Å². The Kier molecular flexibility index (Phi) is 4.60. The zero-order valence-electron chi connectivity index (χ0n) is 11.1. The molecule has 1 atom stereocenters. The second-order valence-corrected chi connectivity index (χ2v) is 5.24. The molecule has 0 spiro atoms. The van der Waals surface area contributed by atoms with Gasteiger partial charge in [-0.15, -0.1) is 0 Å². The molecule has 2 nitrogen and oxygen atoms in total. The van der Waals surface area contributed by atoms with E-state index in [1.165, 1.54) is 6.07 Å². The van der Waals surface area contributed by atoms with Crippen LogP contribution < -0.4 is 10.1 Å². The molecule has 0 radical (unpaired) electrons. The lowest BCUT2D eigenvalue weighted by Crippen LogP contribution is -2.09. The summed E-state index contributed by atoms with van der Waals surface area (Å²) < 4.78 is 32.8. The summed E-state index contributed by atoms with van der Waals surface area (Å²) in [5.41, 5.74) is 1.07. The topological polar surface area (TPSA) is 21.3 Å². The third-order valence-corrected chi connectivity index (χ3v) is 3.58. The van der Waals surface area contributed by atoms with Gasteiger partial charge in [-0.05, 0) is 59.3 Å².